The molecule has 1 nitrogen and oxygen atoms in total. The lowest BCUT2D eigenvalue weighted by molar-refractivity contribution is 0.504. The van der Waals surface area contributed by atoms with Gasteiger partial charge in [-0.25, -0.2) is 0 Å². The van der Waals surface area contributed by atoms with Crippen molar-refractivity contribution in [1.82, 2.24) is 0 Å². The Kier molecular flexibility index (Phi) is 9.66. The van der Waals surface area contributed by atoms with E-state index in [0.29, 0.717) is 0 Å². The third kappa shape index (κ3) is 5.80. The van der Waals surface area contributed by atoms with E-state index >= 15 is 0 Å². The molecule has 3 heteroatoms. The van der Waals surface area contributed by atoms with Crippen LogP contribution in [0.3, 0.4) is 0 Å². The van der Waals surface area contributed by atoms with Crippen molar-refractivity contribution in [1.29, 1.82) is 0 Å². The van der Waals surface area contributed by atoms with Crippen LogP contribution in [0, 0.1) is 0 Å². The van der Waals surface area contributed by atoms with Gasteiger partial charge in [-0.2, -0.15) is 0 Å². The third-order valence-corrected chi connectivity index (χ3v) is 15.6. The second-order valence-electron chi connectivity index (χ2n) is 5.54. The van der Waals surface area contributed by atoms with Crippen LogP contribution in [-0.4, -0.2) is 16.6 Å². The smallest absolute Gasteiger partial charge is 0.180 e. The molecule has 0 saturated heterocycles. The molecular formula is C16H34OSi2. The molecule has 0 aliphatic carbocycles. The zero-order chi connectivity index (χ0) is 14.8. The highest BCUT2D eigenvalue weighted by molar-refractivity contribution is 6.87. The molecule has 0 bridgehead atoms. The number of rotatable bonds is 12. The fraction of sp³-hybridized carbons (Fsp3) is 0.750. The molecular weight excluding hydrogens is 264 g/mol. The molecule has 0 fully saturated rings. The minimum Gasteiger partial charge on any atom is -0.455 e. The van der Waals surface area contributed by atoms with Gasteiger partial charge in [-0.1, -0.05) is 39.8 Å². The van der Waals surface area contributed by atoms with Gasteiger partial charge in [-0.05, 0) is 49.1 Å². The average Bonchev–Trinajstić information content (AvgIpc) is 2.47. The van der Waals surface area contributed by atoms with E-state index < -0.39 is 16.6 Å². The largest absolute Gasteiger partial charge is 0.455 e. The molecule has 0 atom stereocenters. The van der Waals surface area contributed by atoms with Gasteiger partial charge in [0.15, 0.2) is 16.6 Å². The van der Waals surface area contributed by atoms with Gasteiger partial charge in [0.05, 0.1) is 0 Å². The van der Waals surface area contributed by atoms with Crippen molar-refractivity contribution in [2.45, 2.75) is 76.8 Å². The predicted octanol–water partition coefficient (Wildman–Crippen LogP) is 6.13. The van der Waals surface area contributed by atoms with Gasteiger partial charge < -0.3 is 4.12 Å². The lowest BCUT2D eigenvalue weighted by atomic mass is 10.5. The molecule has 0 unspecified atom stereocenters. The maximum absolute atomic E-state index is 7.01. The van der Waals surface area contributed by atoms with Crippen LogP contribution in [0.5, 0.6) is 0 Å². The summed E-state index contributed by atoms with van der Waals surface area (Å²) in [7, 11) is -3.07. The molecule has 0 saturated carbocycles. The van der Waals surface area contributed by atoms with E-state index in [0.717, 1.165) is 12.8 Å². The van der Waals surface area contributed by atoms with Gasteiger partial charge >= 0.3 is 0 Å². The standard InChI is InChI=1S/C16H34OSi2/c1-7-13-15-19(12-6,16-14-8-2)17-18(9-3,10-4)11-5/h7-8H,1-2,9-16H2,3-6H3. The Bertz CT molecular complexity index is 239. The van der Waals surface area contributed by atoms with Crippen LogP contribution in [0.4, 0.5) is 0 Å². The van der Waals surface area contributed by atoms with Crippen LogP contribution in [0.1, 0.15) is 40.5 Å². The quantitative estimate of drug-likeness (QED) is 0.311. The van der Waals surface area contributed by atoms with Gasteiger partial charge in [0.1, 0.15) is 0 Å². The lowest BCUT2D eigenvalue weighted by Crippen LogP contribution is -2.50. The number of hydrogen-bond donors (Lipinski definition) is 0. The van der Waals surface area contributed by atoms with Crippen molar-refractivity contribution in [2.75, 3.05) is 0 Å². The molecule has 0 radical (unpaired) electrons. The Hall–Kier alpha value is -0.126. The summed E-state index contributed by atoms with van der Waals surface area (Å²) in [5.74, 6) is 0. The lowest BCUT2D eigenvalue weighted by Gasteiger charge is -2.41. The summed E-state index contributed by atoms with van der Waals surface area (Å²) in [6.07, 6.45) is 6.33. The van der Waals surface area contributed by atoms with Crippen LogP contribution in [0.2, 0.25) is 36.3 Å². The zero-order valence-corrected chi connectivity index (χ0v) is 15.6. The molecule has 0 N–H and O–H groups in total. The molecule has 0 aromatic carbocycles. The van der Waals surface area contributed by atoms with Crippen LogP contribution >= 0.6 is 0 Å². The fourth-order valence-electron chi connectivity index (χ4n) is 2.81. The first kappa shape index (κ1) is 18.9. The highest BCUT2D eigenvalue weighted by Gasteiger charge is 2.40. The van der Waals surface area contributed by atoms with E-state index in [9.17, 15) is 0 Å². The molecule has 0 aliphatic rings. The molecule has 0 aromatic rings. The third-order valence-electron chi connectivity index (χ3n) is 4.62. The molecule has 0 rings (SSSR count). The zero-order valence-electron chi connectivity index (χ0n) is 13.6. The molecule has 112 valence electrons. The summed E-state index contributed by atoms with van der Waals surface area (Å²) in [5.41, 5.74) is 0. The summed E-state index contributed by atoms with van der Waals surface area (Å²) in [5, 5.41) is 0. The monoisotopic (exact) mass is 298 g/mol. The molecule has 0 amide bonds. The predicted molar refractivity (Wildman–Crippen MR) is 93.8 cm³/mol. The van der Waals surface area contributed by atoms with E-state index in [4.69, 9.17) is 4.12 Å². The molecule has 19 heavy (non-hydrogen) atoms. The molecule has 0 aromatic heterocycles. The highest BCUT2D eigenvalue weighted by Crippen LogP contribution is 2.34. The van der Waals surface area contributed by atoms with Crippen molar-refractivity contribution in [2.24, 2.45) is 0 Å². The van der Waals surface area contributed by atoms with E-state index in [1.165, 1.54) is 36.3 Å². The fourth-order valence-corrected chi connectivity index (χ4v) is 13.5. The highest BCUT2D eigenvalue weighted by atomic mass is 28.4. The summed E-state index contributed by atoms with van der Waals surface area (Å²) >= 11 is 0. The van der Waals surface area contributed by atoms with E-state index in [2.05, 4.69) is 53.0 Å². The Morgan fingerprint density at radius 1 is 0.737 bits per heavy atom. The number of allylic oxidation sites excluding steroid dienone is 2. The van der Waals surface area contributed by atoms with Crippen molar-refractivity contribution in [3.8, 4) is 0 Å². The van der Waals surface area contributed by atoms with Gasteiger partial charge in [0.2, 0.25) is 0 Å². The summed E-state index contributed by atoms with van der Waals surface area (Å²) in [6, 6.07) is 7.51. The molecule has 0 heterocycles. The first-order valence-electron chi connectivity index (χ1n) is 7.99. The van der Waals surface area contributed by atoms with Crippen molar-refractivity contribution >= 4 is 16.6 Å². The van der Waals surface area contributed by atoms with E-state index in [-0.39, 0.29) is 0 Å². The van der Waals surface area contributed by atoms with E-state index in [1.54, 1.807) is 0 Å². The van der Waals surface area contributed by atoms with Crippen LogP contribution < -0.4 is 0 Å². The maximum Gasteiger partial charge on any atom is 0.180 e. The van der Waals surface area contributed by atoms with Gasteiger partial charge in [-0.15, -0.1) is 13.2 Å². The second-order valence-corrected chi connectivity index (χ2v) is 14.9. The van der Waals surface area contributed by atoms with Crippen LogP contribution in [0.25, 0.3) is 0 Å². The van der Waals surface area contributed by atoms with Crippen molar-refractivity contribution in [3.63, 3.8) is 0 Å². The maximum atomic E-state index is 7.01. The normalized spacial score (nSPS) is 12.4. The van der Waals surface area contributed by atoms with Gasteiger partial charge in [0, 0.05) is 0 Å². The minimum atomic E-state index is -1.59. The van der Waals surface area contributed by atoms with Crippen LogP contribution in [0.15, 0.2) is 25.3 Å². The minimum absolute atomic E-state index is 1.11. The first-order chi connectivity index (χ1) is 9.07. The Labute approximate surface area is 123 Å². The van der Waals surface area contributed by atoms with Crippen LogP contribution in [-0.2, 0) is 4.12 Å². The Morgan fingerprint density at radius 3 is 1.37 bits per heavy atom. The average molecular weight is 299 g/mol. The van der Waals surface area contributed by atoms with E-state index in [1.807, 2.05) is 0 Å². The SMILES string of the molecule is C=CCC[Si](CC)(CCC=C)O[Si](CC)(CC)CC. The topological polar surface area (TPSA) is 9.23 Å². The second kappa shape index (κ2) is 9.73. The van der Waals surface area contributed by atoms with Crippen molar-refractivity contribution < 1.29 is 4.12 Å². The first-order valence-corrected chi connectivity index (χ1v) is 13.1. The Morgan fingerprint density at radius 2 is 1.11 bits per heavy atom. The van der Waals surface area contributed by atoms with Gasteiger partial charge in [0.25, 0.3) is 0 Å². The van der Waals surface area contributed by atoms with Crippen molar-refractivity contribution in [3.05, 3.63) is 25.3 Å². The summed E-state index contributed by atoms with van der Waals surface area (Å²) < 4.78 is 7.01. The molecule has 0 spiro atoms. The molecule has 0 aliphatic heterocycles. The Balaban J connectivity index is 5.06. The van der Waals surface area contributed by atoms with Gasteiger partial charge in [-0.3, -0.25) is 0 Å². The summed E-state index contributed by atoms with van der Waals surface area (Å²) in [4.78, 5) is 0. The number of hydrogen-bond acceptors (Lipinski definition) is 1. The summed E-state index contributed by atoms with van der Waals surface area (Å²) in [6.45, 7) is 17.1.